The SMILES string of the molecule is CC(C)CC1NC(C)N(C(C)C(C)C)C1=O. The Morgan fingerprint density at radius 1 is 1.25 bits per heavy atom. The molecule has 0 aromatic carbocycles. The highest BCUT2D eigenvalue weighted by molar-refractivity contribution is 5.84. The fraction of sp³-hybridized carbons (Fsp3) is 0.923. The lowest BCUT2D eigenvalue weighted by Crippen LogP contribution is -2.44. The Morgan fingerprint density at radius 3 is 2.25 bits per heavy atom. The molecule has 1 aliphatic rings. The summed E-state index contributed by atoms with van der Waals surface area (Å²) < 4.78 is 0. The molecule has 0 aromatic rings. The third-order valence-corrected chi connectivity index (χ3v) is 3.52. The smallest absolute Gasteiger partial charge is 0.241 e. The maximum absolute atomic E-state index is 12.3. The average molecular weight is 226 g/mol. The minimum atomic E-state index is 0.0243. The van der Waals surface area contributed by atoms with Gasteiger partial charge in [-0.2, -0.15) is 0 Å². The van der Waals surface area contributed by atoms with E-state index in [-0.39, 0.29) is 18.1 Å². The summed E-state index contributed by atoms with van der Waals surface area (Å²) in [5, 5.41) is 3.40. The van der Waals surface area contributed by atoms with Crippen LogP contribution < -0.4 is 5.32 Å². The largest absolute Gasteiger partial charge is 0.323 e. The molecule has 3 atom stereocenters. The number of carbonyl (C=O) groups is 1. The van der Waals surface area contributed by atoms with E-state index < -0.39 is 0 Å². The predicted octanol–water partition coefficient (Wildman–Crippen LogP) is 2.22. The molecule has 0 saturated carbocycles. The van der Waals surface area contributed by atoms with E-state index in [4.69, 9.17) is 0 Å². The Balaban J connectivity index is 2.71. The van der Waals surface area contributed by atoms with Gasteiger partial charge in [0.05, 0.1) is 12.2 Å². The topological polar surface area (TPSA) is 32.3 Å². The standard InChI is InChI=1S/C13H26N2O/c1-8(2)7-12-13(16)15(11(6)14-12)10(5)9(3)4/h8-12,14H,7H2,1-6H3. The molecule has 3 nitrogen and oxygen atoms in total. The summed E-state index contributed by atoms with van der Waals surface area (Å²) in [4.78, 5) is 14.3. The first kappa shape index (κ1) is 13.5. The van der Waals surface area contributed by atoms with Crippen LogP contribution in [0.3, 0.4) is 0 Å². The zero-order valence-electron chi connectivity index (χ0n) is 11.4. The van der Waals surface area contributed by atoms with E-state index >= 15 is 0 Å². The van der Waals surface area contributed by atoms with Gasteiger partial charge in [0.15, 0.2) is 0 Å². The normalized spacial score (nSPS) is 28.2. The number of carbonyl (C=O) groups excluding carboxylic acids is 1. The minimum Gasteiger partial charge on any atom is -0.323 e. The molecule has 16 heavy (non-hydrogen) atoms. The van der Waals surface area contributed by atoms with Crippen LogP contribution in [-0.4, -0.2) is 29.1 Å². The number of hydrogen-bond donors (Lipinski definition) is 1. The molecule has 3 heteroatoms. The fourth-order valence-electron chi connectivity index (χ4n) is 2.33. The molecule has 0 spiro atoms. The van der Waals surface area contributed by atoms with Gasteiger partial charge in [-0.1, -0.05) is 27.7 Å². The third-order valence-electron chi connectivity index (χ3n) is 3.52. The first-order chi connectivity index (χ1) is 7.34. The predicted molar refractivity (Wildman–Crippen MR) is 67.0 cm³/mol. The van der Waals surface area contributed by atoms with Gasteiger partial charge in [-0.25, -0.2) is 0 Å². The van der Waals surface area contributed by atoms with Crippen molar-refractivity contribution in [2.24, 2.45) is 11.8 Å². The maximum atomic E-state index is 12.3. The van der Waals surface area contributed by atoms with Gasteiger partial charge in [0.1, 0.15) is 0 Å². The molecule has 1 rings (SSSR count). The summed E-state index contributed by atoms with van der Waals surface area (Å²) >= 11 is 0. The molecule has 1 amide bonds. The van der Waals surface area contributed by atoms with Gasteiger partial charge >= 0.3 is 0 Å². The van der Waals surface area contributed by atoms with E-state index in [9.17, 15) is 4.79 Å². The molecule has 0 radical (unpaired) electrons. The summed E-state index contributed by atoms with van der Waals surface area (Å²) in [6, 6.07) is 0.336. The summed E-state index contributed by atoms with van der Waals surface area (Å²) in [5.41, 5.74) is 0. The molecule has 94 valence electrons. The molecular weight excluding hydrogens is 200 g/mol. The molecular formula is C13H26N2O. The second-order valence-electron chi connectivity index (χ2n) is 5.75. The fourth-order valence-corrected chi connectivity index (χ4v) is 2.33. The van der Waals surface area contributed by atoms with Gasteiger partial charge in [-0.3, -0.25) is 10.1 Å². The number of hydrogen-bond acceptors (Lipinski definition) is 2. The van der Waals surface area contributed by atoms with Gasteiger partial charge in [-0.15, -0.1) is 0 Å². The van der Waals surface area contributed by atoms with Gasteiger partial charge in [0.2, 0.25) is 5.91 Å². The Labute approximate surface area is 99.6 Å². The molecule has 3 unspecified atom stereocenters. The van der Waals surface area contributed by atoms with Gasteiger partial charge in [0, 0.05) is 6.04 Å². The van der Waals surface area contributed by atoms with Crippen LogP contribution in [0.1, 0.15) is 48.0 Å². The Morgan fingerprint density at radius 2 is 1.81 bits per heavy atom. The Bertz CT molecular complexity index is 250. The highest BCUT2D eigenvalue weighted by Gasteiger charge is 2.39. The maximum Gasteiger partial charge on any atom is 0.241 e. The van der Waals surface area contributed by atoms with E-state index in [1.54, 1.807) is 0 Å². The van der Waals surface area contributed by atoms with Gasteiger partial charge in [-0.05, 0) is 32.1 Å². The Kier molecular flexibility index (Phi) is 4.36. The lowest BCUT2D eigenvalue weighted by Gasteiger charge is -2.31. The van der Waals surface area contributed by atoms with Crippen molar-refractivity contribution >= 4 is 5.91 Å². The van der Waals surface area contributed by atoms with Crippen LogP contribution in [0, 0.1) is 11.8 Å². The van der Waals surface area contributed by atoms with Gasteiger partial charge < -0.3 is 4.90 Å². The summed E-state index contributed by atoms with van der Waals surface area (Å²) in [5.74, 6) is 1.34. The van der Waals surface area contributed by atoms with Crippen molar-refractivity contribution in [3.05, 3.63) is 0 Å². The Hall–Kier alpha value is -0.570. The lowest BCUT2D eigenvalue weighted by atomic mass is 10.0. The van der Waals surface area contributed by atoms with E-state index in [2.05, 4.69) is 46.9 Å². The van der Waals surface area contributed by atoms with Crippen LogP contribution in [0.4, 0.5) is 0 Å². The summed E-state index contributed by atoms with van der Waals surface area (Å²) in [6.07, 6.45) is 1.11. The van der Waals surface area contributed by atoms with Crippen molar-refractivity contribution in [3.63, 3.8) is 0 Å². The van der Waals surface area contributed by atoms with Crippen LogP contribution in [-0.2, 0) is 4.79 Å². The van der Waals surface area contributed by atoms with Crippen molar-refractivity contribution in [2.45, 2.75) is 66.2 Å². The number of rotatable bonds is 4. The molecule has 0 aliphatic carbocycles. The van der Waals surface area contributed by atoms with Crippen molar-refractivity contribution in [1.29, 1.82) is 0 Å². The van der Waals surface area contributed by atoms with Crippen LogP contribution in [0.5, 0.6) is 0 Å². The number of nitrogens with zero attached hydrogens (tertiary/aromatic N) is 1. The molecule has 1 N–H and O–H groups in total. The van der Waals surface area contributed by atoms with E-state index in [1.807, 2.05) is 4.90 Å². The van der Waals surface area contributed by atoms with Crippen LogP contribution >= 0.6 is 0 Å². The van der Waals surface area contributed by atoms with E-state index in [0.29, 0.717) is 17.9 Å². The molecule has 0 bridgehead atoms. The van der Waals surface area contributed by atoms with Crippen molar-refractivity contribution in [2.75, 3.05) is 0 Å². The van der Waals surface area contributed by atoms with Crippen molar-refractivity contribution in [3.8, 4) is 0 Å². The van der Waals surface area contributed by atoms with E-state index in [0.717, 1.165) is 6.42 Å². The highest BCUT2D eigenvalue weighted by atomic mass is 16.2. The number of nitrogens with one attached hydrogen (secondary N) is 1. The number of amides is 1. The zero-order chi connectivity index (χ0) is 12.5. The summed E-state index contributed by atoms with van der Waals surface area (Å²) in [6.45, 7) is 12.9. The second kappa shape index (κ2) is 5.17. The molecule has 1 saturated heterocycles. The molecule has 1 fully saturated rings. The van der Waals surface area contributed by atoms with E-state index in [1.165, 1.54) is 0 Å². The molecule has 1 aliphatic heterocycles. The highest BCUT2D eigenvalue weighted by Crippen LogP contribution is 2.22. The zero-order valence-corrected chi connectivity index (χ0v) is 11.4. The van der Waals surface area contributed by atoms with Crippen LogP contribution in [0.2, 0.25) is 0 Å². The third kappa shape index (κ3) is 2.76. The quantitative estimate of drug-likeness (QED) is 0.797. The minimum absolute atomic E-state index is 0.0243. The average Bonchev–Trinajstić information content (AvgIpc) is 2.40. The molecule has 1 heterocycles. The van der Waals surface area contributed by atoms with Gasteiger partial charge in [0.25, 0.3) is 0 Å². The molecule has 0 aromatic heterocycles. The van der Waals surface area contributed by atoms with Crippen LogP contribution in [0.15, 0.2) is 0 Å². The summed E-state index contributed by atoms with van der Waals surface area (Å²) in [7, 11) is 0. The monoisotopic (exact) mass is 226 g/mol. The first-order valence-corrected chi connectivity index (χ1v) is 6.42. The first-order valence-electron chi connectivity index (χ1n) is 6.42. The van der Waals surface area contributed by atoms with Crippen molar-refractivity contribution in [1.82, 2.24) is 10.2 Å². The van der Waals surface area contributed by atoms with Crippen molar-refractivity contribution < 1.29 is 4.79 Å². The lowest BCUT2D eigenvalue weighted by molar-refractivity contribution is -0.132. The van der Waals surface area contributed by atoms with Crippen LogP contribution in [0.25, 0.3) is 0 Å². The second-order valence-corrected chi connectivity index (χ2v) is 5.75.